The number of alkyl halides is 3. The summed E-state index contributed by atoms with van der Waals surface area (Å²) in [5.74, 6) is 0. The van der Waals surface area contributed by atoms with Crippen LogP contribution in [0.25, 0.3) is 33.5 Å². The third kappa shape index (κ3) is 13.1. The summed E-state index contributed by atoms with van der Waals surface area (Å²) in [6.07, 6.45) is 4.80. The van der Waals surface area contributed by atoms with Crippen molar-refractivity contribution in [2.75, 3.05) is 12.5 Å². The molecule has 2 N–H and O–H groups in total. The summed E-state index contributed by atoms with van der Waals surface area (Å²) in [6.45, 7) is 10.6. The average Bonchev–Trinajstić information content (AvgIpc) is 3.90. The van der Waals surface area contributed by atoms with Gasteiger partial charge in [-0.05, 0) is 65.0 Å². The molecule has 0 saturated carbocycles. The number of rotatable bonds is 4. The number of aromatic amines is 1. The first kappa shape index (κ1) is 48.3. The van der Waals surface area contributed by atoms with E-state index in [1.54, 1.807) is 71.6 Å². The number of thioether (sulfide) groups is 4. The fourth-order valence-electron chi connectivity index (χ4n) is 5.53. The van der Waals surface area contributed by atoms with Crippen LogP contribution < -0.4 is 4.98 Å². The molecule has 0 amide bonds. The van der Waals surface area contributed by atoms with Crippen molar-refractivity contribution in [3.63, 3.8) is 0 Å². The fraction of sp³-hybridized carbons (Fsp3) is 0.222. The fourth-order valence-corrected chi connectivity index (χ4v) is 14.1. The van der Waals surface area contributed by atoms with Crippen LogP contribution >= 0.6 is 105 Å². The Bertz CT molecular complexity index is 2760. The number of benzene rings is 2. The SMILES string of the molecule is CS(=O)(=O)O.CS(=O)(=O)[O-].Cc1ccc(S(=O)(=O)n2cc3c(c2)SC(=C2Sc4cc5nc(-c6cc(C)sc6C)c(-c6cc(C)sc6C)[nH+]c5cc4S2)S3)cc1.ClC(Cl)Cl. The quantitative estimate of drug-likeness (QED) is 0.130. The van der Waals surface area contributed by atoms with E-state index < -0.39 is 34.6 Å². The Morgan fingerprint density at radius 2 is 1.14 bits per heavy atom. The minimum absolute atomic E-state index is 0.296. The van der Waals surface area contributed by atoms with Crippen LogP contribution in [0, 0.1) is 34.6 Å². The van der Waals surface area contributed by atoms with E-state index in [0.717, 1.165) is 37.8 Å². The third-order valence-corrected chi connectivity index (χ3v) is 16.8. The molecule has 0 unspecified atom stereocenters. The Morgan fingerprint density at radius 1 is 0.712 bits per heavy atom. The second-order valence-electron chi connectivity index (χ2n) is 12.7. The highest BCUT2D eigenvalue weighted by atomic mass is 35.6. The van der Waals surface area contributed by atoms with E-state index in [9.17, 15) is 16.8 Å². The van der Waals surface area contributed by atoms with E-state index in [-0.39, 0.29) is 0 Å². The smallest absolute Gasteiger partial charge is 0.267 e. The van der Waals surface area contributed by atoms with Gasteiger partial charge in [0.15, 0.2) is 4.30 Å². The van der Waals surface area contributed by atoms with Crippen LogP contribution in [0.2, 0.25) is 0 Å². The van der Waals surface area contributed by atoms with Gasteiger partial charge in [0.1, 0.15) is 11.2 Å². The minimum Gasteiger partial charge on any atom is -0.748 e. The second kappa shape index (κ2) is 19.3. The molecule has 11 nitrogen and oxygen atoms in total. The molecule has 2 aromatic carbocycles. The molecule has 316 valence electrons. The Morgan fingerprint density at radius 3 is 1.58 bits per heavy atom. The number of hydrogen-bond acceptors (Lipinski definition) is 14. The Labute approximate surface area is 383 Å². The monoisotopic (exact) mass is 1030 g/mol. The van der Waals surface area contributed by atoms with E-state index in [2.05, 4.69) is 56.9 Å². The van der Waals surface area contributed by atoms with Gasteiger partial charge < -0.3 is 4.55 Å². The van der Waals surface area contributed by atoms with Crippen molar-refractivity contribution in [1.82, 2.24) is 8.96 Å². The number of halogens is 3. The van der Waals surface area contributed by atoms with Gasteiger partial charge in [-0.1, -0.05) is 99.5 Å². The number of aromatic nitrogens is 3. The maximum absolute atomic E-state index is 13.2. The van der Waals surface area contributed by atoms with Gasteiger partial charge in [-0.25, -0.2) is 30.8 Å². The topological polar surface area (TPSA) is 178 Å². The lowest BCUT2D eigenvalue weighted by Crippen LogP contribution is -2.12. The molecular weight excluding hydrogens is 997 g/mol. The Kier molecular flexibility index (Phi) is 15.8. The van der Waals surface area contributed by atoms with E-state index in [1.807, 2.05) is 41.7 Å². The minimum atomic E-state index is -3.92. The summed E-state index contributed by atoms with van der Waals surface area (Å²) < 4.78 is 82.6. The predicted octanol–water partition coefficient (Wildman–Crippen LogP) is 11.0. The zero-order valence-corrected chi connectivity index (χ0v) is 41.5. The summed E-state index contributed by atoms with van der Waals surface area (Å²) in [6, 6.07) is 15.9. The van der Waals surface area contributed by atoms with Crippen molar-refractivity contribution in [2.24, 2.45) is 0 Å². The van der Waals surface area contributed by atoms with E-state index in [4.69, 9.17) is 57.3 Å². The van der Waals surface area contributed by atoms with Crippen LogP contribution in [0.4, 0.5) is 0 Å². The number of fused-ring (bicyclic) bond motifs is 3. The number of nitrogens with zero attached hydrogens (tertiary/aromatic N) is 2. The molecule has 4 aromatic heterocycles. The van der Waals surface area contributed by atoms with Gasteiger partial charge in [-0.3, -0.25) is 4.55 Å². The first-order chi connectivity index (χ1) is 27.3. The number of H-pyrrole nitrogens is 1. The first-order valence-electron chi connectivity index (χ1n) is 16.6. The van der Waals surface area contributed by atoms with Crippen LogP contribution in [0.15, 0.2) is 93.9 Å². The van der Waals surface area contributed by atoms with Crippen molar-refractivity contribution in [1.29, 1.82) is 0 Å². The largest absolute Gasteiger partial charge is 0.748 e. The lowest BCUT2D eigenvalue weighted by atomic mass is 10.0. The van der Waals surface area contributed by atoms with Crippen molar-refractivity contribution >= 4 is 146 Å². The number of nitrogens with one attached hydrogen (secondary N) is 1. The van der Waals surface area contributed by atoms with Gasteiger partial charge in [-0.2, -0.15) is 8.42 Å². The molecule has 59 heavy (non-hydrogen) atoms. The third-order valence-electron chi connectivity index (χ3n) is 7.70. The lowest BCUT2D eigenvalue weighted by Gasteiger charge is -2.06. The van der Waals surface area contributed by atoms with Crippen LogP contribution in [0.5, 0.6) is 0 Å². The van der Waals surface area contributed by atoms with Crippen LogP contribution in [0.1, 0.15) is 25.1 Å². The summed E-state index contributed by atoms with van der Waals surface area (Å²) in [7, 11) is -11.2. The summed E-state index contributed by atoms with van der Waals surface area (Å²) in [5, 5.41) is 0. The highest BCUT2D eigenvalue weighted by molar-refractivity contribution is 8.30. The molecule has 6 heterocycles. The molecule has 0 atom stereocenters. The van der Waals surface area contributed by atoms with Crippen molar-refractivity contribution in [3.05, 3.63) is 94.5 Å². The van der Waals surface area contributed by atoms with Gasteiger partial charge in [0.2, 0.25) is 11.2 Å². The standard InChI is InChI=1S/C33H25N3O2S7.CHCl3.2CH4O3S/c1-16-6-8-21(9-7-16)45(37,38)36-14-28-29(15-36)44-33(43-28)32-41-26-12-24-25(13-27(26)42-32)35-31(23-11-18(3)40-20(23)5)30(34-24)22-10-17(2)39-19(22)4;2-1(3)4;2*1-5(2,3)4/h6-15H,1-5H3;1H;2*1H3,(H,2,3,4). The van der Waals surface area contributed by atoms with E-state index in [0.29, 0.717) is 17.4 Å². The first-order valence-corrected chi connectivity index (χ1v) is 27.9. The zero-order chi connectivity index (χ0) is 43.8. The molecule has 0 spiro atoms. The Balaban J connectivity index is 0.000000411. The molecule has 2 aliphatic heterocycles. The molecule has 2 aliphatic rings. The maximum atomic E-state index is 13.2. The van der Waals surface area contributed by atoms with Crippen molar-refractivity contribution in [3.8, 4) is 22.5 Å². The molecule has 8 rings (SSSR count). The predicted molar refractivity (Wildman–Crippen MR) is 247 cm³/mol. The highest BCUT2D eigenvalue weighted by Crippen LogP contribution is 2.62. The number of aryl methyl sites for hydroxylation is 5. The van der Waals surface area contributed by atoms with Gasteiger partial charge in [0, 0.05) is 69.4 Å². The molecule has 0 aliphatic carbocycles. The molecule has 0 radical (unpaired) electrons. The van der Waals surface area contributed by atoms with Gasteiger partial charge in [0.25, 0.3) is 20.1 Å². The second-order valence-corrected chi connectivity index (χ2v) is 27.1. The van der Waals surface area contributed by atoms with Gasteiger partial charge in [-0.15, -0.1) is 22.7 Å². The van der Waals surface area contributed by atoms with Gasteiger partial charge in [0.05, 0.1) is 35.3 Å². The normalized spacial score (nSPS) is 13.6. The highest BCUT2D eigenvalue weighted by Gasteiger charge is 2.32. The molecule has 0 bridgehead atoms. The van der Waals surface area contributed by atoms with Crippen LogP contribution in [0.3, 0.4) is 0 Å². The molecule has 23 heteroatoms. The summed E-state index contributed by atoms with van der Waals surface area (Å²) in [4.78, 5) is 18.9. The van der Waals surface area contributed by atoms with E-state index in [1.165, 1.54) is 52.9 Å². The summed E-state index contributed by atoms with van der Waals surface area (Å²) in [5.41, 5.74) is 7.46. The van der Waals surface area contributed by atoms with E-state index >= 15 is 0 Å². The van der Waals surface area contributed by atoms with Crippen molar-refractivity contribution in [2.45, 2.75) is 63.4 Å². The van der Waals surface area contributed by atoms with Crippen molar-refractivity contribution < 1.29 is 39.3 Å². The number of thiophene rings is 2. The lowest BCUT2D eigenvalue weighted by molar-refractivity contribution is -0.331. The van der Waals surface area contributed by atoms with Gasteiger partial charge >= 0.3 is 0 Å². The molecule has 0 saturated heterocycles. The average molecular weight is 1030 g/mol. The zero-order valence-electron chi connectivity index (χ0n) is 31.9. The Hall–Kier alpha value is -1.76. The molecular formula is C36H34Cl3N3O8S9. The van der Waals surface area contributed by atoms with Crippen LogP contribution in [-0.4, -0.2) is 60.1 Å². The maximum Gasteiger partial charge on any atom is 0.267 e. The molecule has 0 fully saturated rings. The molecule has 6 aromatic rings. The number of hydrogen-bond donors (Lipinski definition) is 1. The van der Waals surface area contributed by atoms with Crippen LogP contribution in [-0.2, 0) is 30.3 Å². The summed E-state index contributed by atoms with van der Waals surface area (Å²) >= 11 is 24.9.